The maximum atomic E-state index is 13.0. The lowest BCUT2D eigenvalue weighted by molar-refractivity contribution is 0.111. The van der Waals surface area contributed by atoms with E-state index in [1.807, 2.05) is 22.2 Å². The largest absolute Gasteiger partial charge is 0.486 e. The minimum Gasteiger partial charge on any atom is -0.486 e. The van der Waals surface area contributed by atoms with Crippen LogP contribution in [0.3, 0.4) is 0 Å². The average molecular weight is 276 g/mol. The van der Waals surface area contributed by atoms with Crippen molar-refractivity contribution in [3.05, 3.63) is 53.0 Å². The van der Waals surface area contributed by atoms with Crippen LogP contribution in [-0.4, -0.2) is 15.7 Å². The summed E-state index contributed by atoms with van der Waals surface area (Å²) in [6, 6.07) is 3.85. The van der Waals surface area contributed by atoms with E-state index < -0.39 is 5.82 Å². The smallest absolute Gasteiger partial charge is 0.193 e. The number of rotatable bonds is 4. The van der Waals surface area contributed by atoms with Gasteiger partial charge in [-0.15, -0.1) is 11.3 Å². The molecule has 0 bridgehead atoms. The molecule has 0 radical (unpaired) electrons. The van der Waals surface area contributed by atoms with Crippen molar-refractivity contribution in [1.82, 2.24) is 9.38 Å². The van der Waals surface area contributed by atoms with Crippen LogP contribution in [0.2, 0.25) is 0 Å². The van der Waals surface area contributed by atoms with Crippen LogP contribution in [-0.2, 0) is 6.61 Å². The van der Waals surface area contributed by atoms with Crippen LogP contribution in [0.4, 0.5) is 4.39 Å². The molecule has 96 valence electrons. The highest BCUT2D eigenvalue weighted by molar-refractivity contribution is 7.15. The number of halogens is 1. The maximum Gasteiger partial charge on any atom is 0.193 e. The summed E-state index contributed by atoms with van der Waals surface area (Å²) in [5, 5.41) is 1.94. The summed E-state index contributed by atoms with van der Waals surface area (Å²) in [6.07, 6.45) is 4.34. The molecule has 0 aliphatic carbocycles. The Kier molecular flexibility index (Phi) is 3.00. The Hall–Kier alpha value is -2.21. The third-order valence-corrected chi connectivity index (χ3v) is 3.39. The number of benzene rings is 1. The molecule has 19 heavy (non-hydrogen) atoms. The summed E-state index contributed by atoms with van der Waals surface area (Å²) in [6.45, 7) is 0.237. The molecule has 4 nitrogen and oxygen atoms in total. The Labute approximate surface area is 112 Å². The van der Waals surface area contributed by atoms with Crippen LogP contribution in [0.5, 0.6) is 5.75 Å². The van der Waals surface area contributed by atoms with E-state index in [1.54, 1.807) is 0 Å². The molecule has 0 saturated heterocycles. The van der Waals surface area contributed by atoms with Crippen LogP contribution in [0.25, 0.3) is 4.96 Å². The van der Waals surface area contributed by atoms with Crippen molar-refractivity contribution >= 4 is 22.6 Å². The van der Waals surface area contributed by atoms with Crippen molar-refractivity contribution in [2.75, 3.05) is 0 Å². The molecule has 3 aromatic rings. The standard InChI is InChI=1S/C13H9FN2O2S/c14-10-1-2-12(9(5-10)7-17)18-8-11-6-16-3-4-19-13(16)15-11/h1-7H,8H2. The van der Waals surface area contributed by atoms with E-state index in [-0.39, 0.29) is 12.2 Å². The number of aromatic nitrogens is 2. The molecule has 0 unspecified atom stereocenters. The summed E-state index contributed by atoms with van der Waals surface area (Å²) < 4.78 is 20.4. The molecule has 2 aromatic heterocycles. The van der Waals surface area contributed by atoms with Gasteiger partial charge in [0, 0.05) is 17.8 Å². The first-order valence-corrected chi connectivity index (χ1v) is 6.43. The zero-order valence-corrected chi connectivity index (χ0v) is 10.6. The first-order valence-electron chi connectivity index (χ1n) is 5.55. The predicted molar refractivity (Wildman–Crippen MR) is 69.2 cm³/mol. The number of hydrogen-bond acceptors (Lipinski definition) is 4. The SMILES string of the molecule is O=Cc1cc(F)ccc1OCc1cn2ccsc2n1. The van der Waals surface area contributed by atoms with Crippen molar-refractivity contribution in [1.29, 1.82) is 0 Å². The molecular weight excluding hydrogens is 267 g/mol. The van der Waals surface area contributed by atoms with Gasteiger partial charge in [-0.25, -0.2) is 9.37 Å². The molecular formula is C13H9FN2O2S. The lowest BCUT2D eigenvalue weighted by Crippen LogP contribution is -1.99. The fraction of sp³-hybridized carbons (Fsp3) is 0.0769. The van der Waals surface area contributed by atoms with Crippen LogP contribution >= 0.6 is 11.3 Å². The van der Waals surface area contributed by atoms with E-state index in [1.165, 1.54) is 23.5 Å². The van der Waals surface area contributed by atoms with E-state index in [2.05, 4.69) is 4.98 Å². The highest BCUT2D eigenvalue weighted by Gasteiger charge is 2.07. The Morgan fingerprint density at radius 1 is 1.47 bits per heavy atom. The maximum absolute atomic E-state index is 13.0. The second-order valence-electron chi connectivity index (χ2n) is 3.91. The molecule has 6 heteroatoms. The van der Waals surface area contributed by atoms with Gasteiger partial charge in [-0.1, -0.05) is 0 Å². The van der Waals surface area contributed by atoms with Crippen molar-refractivity contribution in [3.63, 3.8) is 0 Å². The zero-order valence-electron chi connectivity index (χ0n) is 9.75. The second kappa shape index (κ2) is 4.81. The number of fused-ring (bicyclic) bond motifs is 1. The summed E-state index contributed by atoms with van der Waals surface area (Å²) >= 11 is 1.53. The number of ether oxygens (including phenoxy) is 1. The molecule has 0 amide bonds. The fourth-order valence-corrected chi connectivity index (χ4v) is 2.46. The minimum absolute atomic E-state index is 0.195. The van der Waals surface area contributed by atoms with Gasteiger partial charge >= 0.3 is 0 Å². The van der Waals surface area contributed by atoms with Gasteiger partial charge in [-0.2, -0.15) is 0 Å². The van der Waals surface area contributed by atoms with Crippen LogP contribution in [0.1, 0.15) is 16.1 Å². The van der Waals surface area contributed by atoms with E-state index in [0.29, 0.717) is 12.0 Å². The fourth-order valence-electron chi connectivity index (χ4n) is 1.74. The van der Waals surface area contributed by atoms with E-state index in [9.17, 15) is 9.18 Å². The number of carbonyl (C=O) groups excluding carboxylic acids is 1. The summed E-state index contributed by atoms with van der Waals surface area (Å²) in [7, 11) is 0. The highest BCUT2D eigenvalue weighted by Crippen LogP contribution is 2.19. The van der Waals surface area contributed by atoms with Gasteiger partial charge in [0.25, 0.3) is 0 Å². The number of aldehydes is 1. The van der Waals surface area contributed by atoms with Crippen molar-refractivity contribution < 1.29 is 13.9 Å². The molecule has 0 N–H and O–H groups in total. The second-order valence-corrected chi connectivity index (χ2v) is 4.79. The normalized spacial score (nSPS) is 10.8. The third kappa shape index (κ3) is 2.34. The number of carbonyl (C=O) groups is 1. The van der Waals surface area contributed by atoms with E-state index in [4.69, 9.17) is 4.74 Å². The first kappa shape index (κ1) is 11.9. The van der Waals surface area contributed by atoms with Gasteiger partial charge in [0.1, 0.15) is 18.2 Å². The van der Waals surface area contributed by atoms with Gasteiger partial charge in [0.05, 0.1) is 11.3 Å². The zero-order chi connectivity index (χ0) is 13.2. The number of imidazole rings is 1. The lowest BCUT2D eigenvalue weighted by atomic mass is 10.2. The van der Waals surface area contributed by atoms with Gasteiger partial charge < -0.3 is 4.74 Å². The van der Waals surface area contributed by atoms with Gasteiger partial charge in [-0.3, -0.25) is 9.20 Å². The third-order valence-electron chi connectivity index (χ3n) is 2.62. The Morgan fingerprint density at radius 3 is 3.16 bits per heavy atom. The summed E-state index contributed by atoms with van der Waals surface area (Å²) in [4.78, 5) is 16.1. The van der Waals surface area contributed by atoms with Gasteiger partial charge in [0.2, 0.25) is 0 Å². The van der Waals surface area contributed by atoms with E-state index >= 15 is 0 Å². The van der Waals surface area contributed by atoms with Gasteiger partial charge in [-0.05, 0) is 18.2 Å². The molecule has 3 rings (SSSR count). The number of thiazole rings is 1. The van der Waals surface area contributed by atoms with Crippen LogP contribution in [0, 0.1) is 5.82 Å². The first-order chi connectivity index (χ1) is 9.26. The van der Waals surface area contributed by atoms with Crippen molar-refractivity contribution in [2.24, 2.45) is 0 Å². The number of nitrogens with zero attached hydrogens (tertiary/aromatic N) is 2. The quantitative estimate of drug-likeness (QED) is 0.688. The van der Waals surface area contributed by atoms with Crippen LogP contribution < -0.4 is 4.74 Å². The topological polar surface area (TPSA) is 43.6 Å². The van der Waals surface area contributed by atoms with Crippen molar-refractivity contribution in [2.45, 2.75) is 6.61 Å². The molecule has 1 aromatic carbocycles. The summed E-state index contributed by atoms with van der Waals surface area (Å²) in [5.74, 6) is -0.107. The lowest BCUT2D eigenvalue weighted by Gasteiger charge is -2.06. The molecule has 2 heterocycles. The number of hydrogen-bond donors (Lipinski definition) is 0. The molecule has 0 atom stereocenters. The van der Waals surface area contributed by atoms with Crippen LogP contribution in [0.15, 0.2) is 36.0 Å². The molecule has 0 saturated carbocycles. The predicted octanol–water partition coefficient (Wildman–Crippen LogP) is 2.93. The molecule has 0 aliphatic rings. The Balaban J connectivity index is 1.78. The molecule has 0 fully saturated rings. The van der Waals surface area contributed by atoms with E-state index in [0.717, 1.165) is 16.7 Å². The van der Waals surface area contributed by atoms with Crippen molar-refractivity contribution in [3.8, 4) is 5.75 Å². The molecule has 0 spiro atoms. The Bertz CT molecular complexity index is 707. The monoisotopic (exact) mass is 276 g/mol. The molecule has 0 aliphatic heterocycles. The minimum atomic E-state index is -0.461. The highest BCUT2D eigenvalue weighted by atomic mass is 32.1. The Morgan fingerprint density at radius 2 is 2.37 bits per heavy atom. The average Bonchev–Trinajstić information content (AvgIpc) is 2.97. The van der Waals surface area contributed by atoms with Gasteiger partial charge in [0.15, 0.2) is 11.2 Å². The summed E-state index contributed by atoms with van der Waals surface area (Å²) in [5.41, 5.74) is 0.953.